The fraction of sp³-hybridized carbons (Fsp3) is 0.111. The highest BCUT2D eigenvalue weighted by atomic mass is 19.4. The minimum Gasteiger partial charge on any atom is -0.265 e. The molecule has 116 valence electrons. The van der Waals surface area contributed by atoms with Gasteiger partial charge in [0.25, 0.3) is 0 Å². The van der Waals surface area contributed by atoms with Gasteiger partial charge in [0, 0.05) is 29.7 Å². The van der Waals surface area contributed by atoms with Crippen molar-refractivity contribution in [3.63, 3.8) is 0 Å². The van der Waals surface area contributed by atoms with Gasteiger partial charge in [0.15, 0.2) is 0 Å². The zero-order chi connectivity index (χ0) is 16.4. The van der Waals surface area contributed by atoms with Gasteiger partial charge in [-0.1, -0.05) is 12.1 Å². The van der Waals surface area contributed by atoms with E-state index in [0.29, 0.717) is 11.3 Å². The van der Waals surface area contributed by atoms with Gasteiger partial charge in [-0.15, -0.1) is 0 Å². The van der Waals surface area contributed by atoms with Gasteiger partial charge in [-0.25, -0.2) is 0 Å². The maximum Gasteiger partial charge on any atom is 0.416 e. The van der Waals surface area contributed by atoms with Crippen LogP contribution in [0.3, 0.4) is 0 Å². The van der Waals surface area contributed by atoms with Crippen molar-refractivity contribution in [1.29, 1.82) is 0 Å². The van der Waals surface area contributed by atoms with Crippen LogP contribution in [-0.2, 0) is 6.18 Å². The molecule has 0 fully saturated rings. The van der Waals surface area contributed by atoms with E-state index in [1.54, 1.807) is 18.6 Å². The molecule has 3 rings (SSSR count). The summed E-state index contributed by atoms with van der Waals surface area (Å²) in [6, 6.07) is 10.7. The first kappa shape index (κ1) is 15.2. The Kier molecular flexibility index (Phi) is 3.86. The molecule has 0 aliphatic carbocycles. The monoisotopic (exact) mass is 314 g/mol. The Morgan fingerprint density at radius 2 is 1.52 bits per heavy atom. The molecule has 1 aromatic carbocycles. The fourth-order valence-corrected chi connectivity index (χ4v) is 2.38. The van der Waals surface area contributed by atoms with Crippen LogP contribution in [0.25, 0.3) is 22.4 Å². The van der Waals surface area contributed by atoms with Crippen LogP contribution in [0.4, 0.5) is 13.2 Å². The van der Waals surface area contributed by atoms with E-state index >= 15 is 0 Å². The Balaban J connectivity index is 1.94. The van der Waals surface area contributed by atoms with E-state index in [1.807, 2.05) is 25.1 Å². The van der Waals surface area contributed by atoms with Crippen LogP contribution in [0.2, 0.25) is 0 Å². The molecule has 0 bridgehead atoms. The highest BCUT2D eigenvalue weighted by Crippen LogP contribution is 2.31. The molecule has 5 heteroatoms. The van der Waals surface area contributed by atoms with Crippen LogP contribution < -0.4 is 0 Å². The standard InChI is InChI=1S/C18H13F3N2/c1-12-10-17(14-2-4-15(5-3-14)18(19,20)21)23-11-16(12)13-6-8-22-9-7-13/h2-11H,1H3. The molecule has 2 aromatic heterocycles. The van der Waals surface area contributed by atoms with E-state index in [0.717, 1.165) is 28.8 Å². The third kappa shape index (κ3) is 3.23. The summed E-state index contributed by atoms with van der Waals surface area (Å²) < 4.78 is 37.8. The summed E-state index contributed by atoms with van der Waals surface area (Å²) in [5, 5.41) is 0. The van der Waals surface area contributed by atoms with E-state index in [4.69, 9.17) is 0 Å². The van der Waals surface area contributed by atoms with E-state index < -0.39 is 11.7 Å². The van der Waals surface area contributed by atoms with Crippen LogP contribution in [0, 0.1) is 6.92 Å². The molecule has 0 saturated heterocycles. The highest BCUT2D eigenvalue weighted by Gasteiger charge is 2.30. The first-order valence-electron chi connectivity index (χ1n) is 7.00. The lowest BCUT2D eigenvalue weighted by atomic mass is 10.0. The van der Waals surface area contributed by atoms with E-state index in [-0.39, 0.29) is 0 Å². The van der Waals surface area contributed by atoms with Gasteiger partial charge < -0.3 is 0 Å². The van der Waals surface area contributed by atoms with Crippen molar-refractivity contribution < 1.29 is 13.2 Å². The van der Waals surface area contributed by atoms with Crippen LogP contribution in [0.5, 0.6) is 0 Å². The number of pyridine rings is 2. The number of aromatic nitrogens is 2. The first-order valence-corrected chi connectivity index (χ1v) is 7.00. The molecule has 0 aliphatic rings. The maximum atomic E-state index is 12.6. The number of benzene rings is 1. The minimum atomic E-state index is -4.33. The number of hydrogen-bond acceptors (Lipinski definition) is 2. The van der Waals surface area contributed by atoms with Gasteiger partial charge in [-0.2, -0.15) is 13.2 Å². The summed E-state index contributed by atoms with van der Waals surface area (Å²) in [5.74, 6) is 0. The number of nitrogens with zero attached hydrogens (tertiary/aromatic N) is 2. The number of rotatable bonds is 2. The van der Waals surface area contributed by atoms with Crippen molar-refractivity contribution in [3.8, 4) is 22.4 Å². The topological polar surface area (TPSA) is 25.8 Å². The molecule has 0 amide bonds. The lowest BCUT2D eigenvalue weighted by molar-refractivity contribution is -0.137. The van der Waals surface area contributed by atoms with Gasteiger partial charge >= 0.3 is 6.18 Å². The number of halogens is 3. The zero-order valence-corrected chi connectivity index (χ0v) is 12.3. The molecule has 0 unspecified atom stereocenters. The third-order valence-corrected chi connectivity index (χ3v) is 3.61. The van der Waals surface area contributed by atoms with Crippen molar-refractivity contribution in [2.24, 2.45) is 0 Å². The molecule has 0 saturated carbocycles. The summed E-state index contributed by atoms with van der Waals surface area (Å²) in [4.78, 5) is 8.36. The van der Waals surface area contributed by atoms with Crippen molar-refractivity contribution in [2.45, 2.75) is 13.1 Å². The third-order valence-electron chi connectivity index (χ3n) is 3.61. The number of alkyl halides is 3. The normalized spacial score (nSPS) is 11.5. The summed E-state index contributed by atoms with van der Waals surface area (Å²) in [5.41, 5.74) is 3.62. The van der Waals surface area contributed by atoms with E-state index in [9.17, 15) is 13.2 Å². The van der Waals surface area contributed by atoms with Crippen molar-refractivity contribution in [1.82, 2.24) is 9.97 Å². The molecule has 2 nitrogen and oxygen atoms in total. The van der Waals surface area contributed by atoms with Gasteiger partial charge in [-0.3, -0.25) is 9.97 Å². The number of aryl methyl sites for hydroxylation is 1. The SMILES string of the molecule is Cc1cc(-c2ccc(C(F)(F)F)cc2)ncc1-c1ccncc1. The van der Waals surface area contributed by atoms with Crippen LogP contribution in [0.15, 0.2) is 61.1 Å². The lowest BCUT2D eigenvalue weighted by Gasteiger charge is -2.10. The predicted octanol–water partition coefficient (Wildman–Crippen LogP) is 5.14. The summed E-state index contributed by atoms with van der Waals surface area (Å²) in [6.45, 7) is 1.95. The van der Waals surface area contributed by atoms with Crippen molar-refractivity contribution in [3.05, 3.63) is 72.2 Å². The van der Waals surface area contributed by atoms with E-state index in [2.05, 4.69) is 9.97 Å². The molecule has 2 heterocycles. The van der Waals surface area contributed by atoms with Gasteiger partial charge in [0.05, 0.1) is 11.3 Å². The molecule has 3 aromatic rings. The van der Waals surface area contributed by atoms with E-state index in [1.165, 1.54) is 12.1 Å². The second kappa shape index (κ2) is 5.83. The summed E-state index contributed by atoms with van der Waals surface area (Å²) >= 11 is 0. The first-order chi connectivity index (χ1) is 10.9. The van der Waals surface area contributed by atoms with Crippen LogP contribution >= 0.6 is 0 Å². The predicted molar refractivity (Wildman–Crippen MR) is 82.6 cm³/mol. The van der Waals surface area contributed by atoms with Gasteiger partial charge in [0.1, 0.15) is 0 Å². The second-order valence-electron chi connectivity index (χ2n) is 5.20. The largest absolute Gasteiger partial charge is 0.416 e. The molecule has 0 atom stereocenters. The molecular weight excluding hydrogens is 301 g/mol. The molecule has 0 aliphatic heterocycles. The molecule has 0 radical (unpaired) electrons. The molecule has 0 N–H and O–H groups in total. The Morgan fingerprint density at radius 3 is 2.09 bits per heavy atom. The summed E-state index contributed by atoms with van der Waals surface area (Å²) in [7, 11) is 0. The Hall–Kier alpha value is -2.69. The smallest absolute Gasteiger partial charge is 0.265 e. The molecule has 23 heavy (non-hydrogen) atoms. The fourth-order valence-electron chi connectivity index (χ4n) is 2.38. The highest BCUT2D eigenvalue weighted by molar-refractivity contribution is 5.70. The van der Waals surface area contributed by atoms with Crippen molar-refractivity contribution in [2.75, 3.05) is 0 Å². The lowest BCUT2D eigenvalue weighted by Crippen LogP contribution is -2.04. The zero-order valence-electron chi connectivity index (χ0n) is 12.3. The minimum absolute atomic E-state index is 0.647. The van der Waals surface area contributed by atoms with Crippen molar-refractivity contribution >= 4 is 0 Å². The van der Waals surface area contributed by atoms with Crippen LogP contribution in [-0.4, -0.2) is 9.97 Å². The Bertz CT molecular complexity index is 810. The van der Waals surface area contributed by atoms with Gasteiger partial charge in [0.2, 0.25) is 0 Å². The number of hydrogen-bond donors (Lipinski definition) is 0. The quantitative estimate of drug-likeness (QED) is 0.654. The average Bonchev–Trinajstić information content (AvgIpc) is 2.55. The van der Waals surface area contributed by atoms with Gasteiger partial charge in [-0.05, 0) is 48.4 Å². The second-order valence-corrected chi connectivity index (χ2v) is 5.20. The Labute approximate surface area is 131 Å². The van der Waals surface area contributed by atoms with Crippen LogP contribution in [0.1, 0.15) is 11.1 Å². The summed E-state index contributed by atoms with van der Waals surface area (Å²) in [6.07, 6.45) is 0.821. The average molecular weight is 314 g/mol. The molecule has 0 spiro atoms. The molecular formula is C18H13F3N2. The Morgan fingerprint density at radius 1 is 0.870 bits per heavy atom. The maximum absolute atomic E-state index is 12.6.